The smallest absolute Gasteiger partial charge is 0.253 e. The summed E-state index contributed by atoms with van der Waals surface area (Å²) in [5.74, 6) is 0.987. The Kier molecular flexibility index (Phi) is 6.14. The molecule has 5 heteroatoms. The Labute approximate surface area is 165 Å². The van der Waals surface area contributed by atoms with E-state index in [1.54, 1.807) is 30.8 Å². The summed E-state index contributed by atoms with van der Waals surface area (Å²) >= 11 is 1.77. The molecule has 27 heavy (non-hydrogen) atoms. The molecule has 0 aliphatic rings. The quantitative estimate of drug-likeness (QED) is 0.600. The van der Waals surface area contributed by atoms with E-state index in [2.05, 4.69) is 31.1 Å². The number of hydrogen-bond donors (Lipinski definition) is 0. The molecule has 0 saturated carbocycles. The van der Waals surface area contributed by atoms with Crippen LogP contribution in [0, 0.1) is 0 Å². The summed E-state index contributed by atoms with van der Waals surface area (Å²) in [5.41, 5.74) is 3.89. The van der Waals surface area contributed by atoms with E-state index in [0.29, 0.717) is 5.56 Å². The van der Waals surface area contributed by atoms with Gasteiger partial charge in [0, 0.05) is 42.9 Å². The fourth-order valence-corrected chi connectivity index (χ4v) is 3.94. The van der Waals surface area contributed by atoms with Gasteiger partial charge in [-0.3, -0.25) is 4.79 Å². The molecule has 0 radical (unpaired) electrons. The normalized spacial score (nSPS) is 11.1. The molecule has 4 nitrogen and oxygen atoms in total. The molecule has 0 saturated heterocycles. The van der Waals surface area contributed by atoms with Crippen LogP contribution in [0.5, 0.6) is 0 Å². The Hall–Kier alpha value is -2.37. The van der Waals surface area contributed by atoms with Crippen molar-refractivity contribution in [3.05, 3.63) is 60.2 Å². The molecule has 140 valence electrons. The minimum atomic E-state index is 0.0127. The van der Waals surface area contributed by atoms with E-state index in [0.717, 1.165) is 39.4 Å². The fourth-order valence-electron chi connectivity index (χ4n) is 2.79. The molecule has 0 fully saturated rings. The second-order valence-corrected chi connectivity index (χ2v) is 8.05. The first-order chi connectivity index (χ1) is 13.0. The molecule has 1 aromatic heterocycles. The molecule has 3 aromatic rings. The van der Waals surface area contributed by atoms with Crippen molar-refractivity contribution in [1.29, 1.82) is 0 Å². The van der Waals surface area contributed by atoms with Crippen molar-refractivity contribution in [3.63, 3.8) is 0 Å². The Morgan fingerprint density at radius 3 is 2.37 bits per heavy atom. The summed E-state index contributed by atoms with van der Waals surface area (Å²) in [6.07, 6.45) is 0. The van der Waals surface area contributed by atoms with Crippen LogP contribution in [-0.2, 0) is 0 Å². The molecule has 0 aliphatic heterocycles. The summed E-state index contributed by atoms with van der Waals surface area (Å²) in [5, 5.41) is 2.15. The van der Waals surface area contributed by atoms with E-state index >= 15 is 0 Å². The number of fused-ring (bicyclic) bond motifs is 1. The van der Waals surface area contributed by atoms with E-state index in [4.69, 9.17) is 4.98 Å². The van der Waals surface area contributed by atoms with Gasteiger partial charge in [0.1, 0.15) is 5.03 Å². The van der Waals surface area contributed by atoms with Crippen molar-refractivity contribution in [2.24, 2.45) is 0 Å². The van der Waals surface area contributed by atoms with Gasteiger partial charge in [-0.1, -0.05) is 30.3 Å². The number of para-hydroxylation sites is 1. The Morgan fingerprint density at radius 2 is 1.70 bits per heavy atom. The van der Waals surface area contributed by atoms with Crippen LogP contribution in [0.4, 0.5) is 0 Å². The minimum Gasteiger partial charge on any atom is -0.345 e. The Bertz CT molecular complexity index is 936. The maximum atomic E-state index is 12.1. The average molecular weight is 380 g/mol. The zero-order valence-corrected chi connectivity index (χ0v) is 17.1. The maximum absolute atomic E-state index is 12.1. The maximum Gasteiger partial charge on any atom is 0.253 e. The summed E-state index contributed by atoms with van der Waals surface area (Å²) < 4.78 is 0. The Balaban J connectivity index is 1.99. The predicted octanol–water partition coefficient (Wildman–Crippen LogP) is 4.26. The van der Waals surface area contributed by atoms with Crippen molar-refractivity contribution in [1.82, 2.24) is 14.8 Å². The molecule has 1 amide bonds. The fraction of sp³-hybridized carbons (Fsp3) is 0.273. The highest BCUT2D eigenvalue weighted by atomic mass is 32.2. The lowest BCUT2D eigenvalue weighted by molar-refractivity contribution is 0.0827. The number of amides is 1. The van der Waals surface area contributed by atoms with Gasteiger partial charge in [0.15, 0.2) is 0 Å². The second kappa shape index (κ2) is 8.55. The number of pyridine rings is 1. The van der Waals surface area contributed by atoms with Crippen molar-refractivity contribution in [3.8, 4) is 11.1 Å². The first kappa shape index (κ1) is 19.4. The highest BCUT2D eigenvalue weighted by molar-refractivity contribution is 7.99. The zero-order chi connectivity index (χ0) is 19.4. The van der Waals surface area contributed by atoms with E-state index in [9.17, 15) is 4.79 Å². The molecule has 2 aromatic carbocycles. The molecule has 0 N–H and O–H groups in total. The molecule has 0 atom stereocenters. The molecule has 3 rings (SSSR count). The van der Waals surface area contributed by atoms with Crippen molar-refractivity contribution >= 4 is 28.6 Å². The van der Waals surface area contributed by atoms with Gasteiger partial charge in [-0.25, -0.2) is 4.98 Å². The number of thioether (sulfide) groups is 1. The number of nitrogens with zero attached hydrogens (tertiary/aromatic N) is 3. The first-order valence-electron chi connectivity index (χ1n) is 8.95. The molecule has 0 bridgehead atoms. The lowest BCUT2D eigenvalue weighted by Crippen LogP contribution is -2.21. The van der Waals surface area contributed by atoms with Gasteiger partial charge >= 0.3 is 0 Å². The summed E-state index contributed by atoms with van der Waals surface area (Å²) in [7, 11) is 7.69. The van der Waals surface area contributed by atoms with Crippen LogP contribution in [0.15, 0.2) is 59.6 Å². The lowest BCUT2D eigenvalue weighted by atomic mass is 10.0. The van der Waals surface area contributed by atoms with Crippen molar-refractivity contribution in [2.75, 3.05) is 40.5 Å². The number of carbonyl (C=O) groups excluding carboxylic acids is 1. The lowest BCUT2D eigenvalue weighted by Gasteiger charge is -2.14. The summed E-state index contributed by atoms with van der Waals surface area (Å²) in [6.45, 7) is 0.995. The van der Waals surface area contributed by atoms with Gasteiger partial charge in [-0.2, -0.15) is 0 Å². The predicted molar refractivity (Wildman–Crippen MR) is 114 cm³/mol. The number of rotatable bonds is 6. The van der Waals surface area contributed by atoms with Gasteiger partial charge in [-0.15, -0.1) is 11.8 Å². The molecule has 1 heterocycles. The molecular weight excluding hydrogens is 354 g/mol. The van der Waals surface area contributed by atoms with Crippen molar-refractivity contribution < 1.29 is 4.79 Å². The van der Waals surface area contributed by atoms with Crippen molar-refractivity contribution in [2.45, 2.75) is 5.03 Å². The first-order valence-corrected chi connectivity index (χ1v) is 9.93. The third-order valence-corrected chi connectivity index (χ3v) is 5.29. The van der Waals surface area contributed by atoms with Crippen LogP contribution in [0.2, 0.25) is 0 Å². The average Bonchev–Trinajstić information content (AvgIpc) is 2.66. The van der Waals surface area contributed by atoms with Gasteiger partial charge < -0.3 is 9.80 Å². The number of aromatic nitrogens is 1. The summed E-state index contributed by atoms with van der Waals surface area (Å²) in [4.78, 5) is 20.8. The molecule has 0 spiro atoms. The van der Waals surface area contributed by atoms with Crippen LogP contribution in [0.1, 0.15) is 10.4 Å². The topological polar surface area (TPSA) is 36.4 Å². The standard InChI is InChI=1S/C22H25N3OS/c1-24(2)13-14-27-21-19(15-18-7-5-6-8-20(18)23-21)16-9-11-17(12-10-16)22(26)25(3)4/h5-12,15H,13-14H2,1-4H3. The zero-order valence-electron chi connectivity index (χ0n) is 16.3. The van der Waals surface area contributed by atoms with Gasteiger partial charge in [0.05, 0.1) is 5.52 Å². The third-order valence-electron chi connectivity index (χ3n) is 4.32. The van der Waals surface area contributed by atoms with Gasteiger partial charge in [0.2, 0.25) is 0 Å². The number of benzene rings is 2. The van der Waals surface area contributed by atoms with E-state index in [-0.39, 0.29) is 5.91 Å². The number of carbonyl (C=O) groups is 1. The largest absolute Gasteiger partial charge is 0.345 e. The second-order valence-electron chi connectivity index (χ2n) is 6.96. The van der Waals surface area contributed by atoms with Crippen LogP contribution in [0.25, 0.3) is 22.0 Å². The SMILES string of the molecule is CN(C)CCSc1nc2ccccc2cc1-c1ccc(C(=O)N(C)C)cc1. The monoisotopic (exact) mass is 379 g/mol. The molecule has 0 unspecified atom stereocenters. The minimum absolute atomic E-state index is 0.0127. The van der Waals surface area contributed by atoms with E-state index in [1.807, 2.05) is 42.5 Å². The van der Waals surface area contributed by atoms with Crippen LogP contribution < -0.4 is 0 Å². The highest BCUT2D eigenvalue weighted by Crippen LogP contribution is 2.33. The molecular formula is C22H25N3OS. The van der Waals surface area contributed by atoms with Gasteiger partial charge in [-0.05, 0) is 43.9 Å². The Morgan fingerprint density at radius 1 is 1.00 bits per heavy atom. The highest BCUT2D eigenvalue weighted by Gasteiger charge is 2.12. The van der Waals surface area contributed by atoms with Crippen LogP contribution >= 0.6 is 11.8 Å². The van der Waals surface area contributed by atoms with Crippen LogP contribution in [0.3, 0.4) is 0 Å². The molecule has 0 aliphatic carbocycles. The summed E-state index contributed by atoms with van der Waals surface area (Å²) in [6, 6.07) is 18.2. The van der Waals surface area contributed by atoms with Gasteiger partial charge in [0.25, 0.3) is 5.91 Å². The van der Waals surface area contributed by atoms with E-state index in [1.165, 1.54) is 0 Å². The third kappa shape index (κ3) is 4.67. The van der Waals surface area contributed by atoms with E-state index < -0.39 is 0 Å². The number of hydrogen-bond acceptors (Lipinski definition) is 4. The van der Waals surface area contributed by atoms with Crippen LogP contribution in [-0.4, -0.2) is 61.2 Å².